The van der Waals surface area contributed by atoms with Crippen LogP contribution in [0.25, 0.3) is 52.8 Å². The van der Waals surface area contributed by atoms with Gasteiger partial charge in [-0.25, -0.2) is 0 Å². The predicted octanol–water partition coefficient (Wildman–Crippen LogP) is 11.5. The minimum absolute atomic E-state index is 1.14. The van der Waals surface area contributed by atoms with E-state index in [1.165, 1.54) is 52.8 Å². The largest absolute Gasteiger partial charge is 0.310 e. The molecule has 188 valence electrons. The van der Waals surface area contributed by atoms with Gasteiger partial charge in [-0.2, -0.15) is 0 Å². The van der Waals surface area contributed by atoms with Gasteiger partial charge in [0, 0.05) is 37.2 Å². The van der Waals surface area contributed by atoms with E-state index in [2.05, 4.69) is 157 Å². The summed E-state index contributed by atoms with van der Waals surface area (Å²) < 4.78 is 2.67. The number of thiophene rings is 1. The van der Waals surface area contributed by atoms with Crippen molar-refractivity contribution in [1.29, 1.82) is 0 Å². The van der Waals surface area contributed by atoms with Crippen molar-refractivity contribution in [3.05, 3.63) is 152 Å². The number of hydrogen-bond acceptors (Lipinski definition) is 2. The molecule has 2 heteroatoms. The second-order valence-electron chi connectivity index (χ2n) is 10.2. The molecular weight excluding hydrogens is 502 g/mol. The van der Waals surface area contributed by atoms with Crippen LogP contribution < -0.4 is 4.90 Å². The summed E-state index contributed by atoms with van der Waals surface area (Å²) in [6, 6.07) is 54.9. The van der Waals surface area contributed by atoms with Crippen molar-refractivity contribution in [1.82, 2.24) is 0 Å². The monoisotopic (exact) mass is 527 g/mol. The van der Waals surface area contributed by atoms with Gasteiger partial charge in [-0.3, -0.25) is 0 Å². The Bertz CT molecular complexity index is 2160. The SMILES string of the molecule is c1ccc(N(c2ccc(-c3cc4sc5ccccc5c4c4ccccc34)cc2)c2ccc3ccccc3c2)cc1. The third-order valence-corrected chi connectivity index (χ3v) is 8.94. The van der Waals surface area contributed by atoms with Crippen LogP contribution in [0.1, 0.15) is 0 Å². The Morgan fingerprint density at radius 1 is 0.400 bits per heavy atom. The van der Waals surface area contributed by atoms with Crippen LogP contribution in [0.3, 0.4) is 0 Å². The zero-order valence-electron chi connectivity index (χ0n) is 21.8. The summed E-state index contributed by atoms with van der Waals surface area (Å²) in [6.07, 6.45) is 0. The lowest BCUT2D eigenvalue weighted by Gasteiger charge is -2.26. The van der Waals surface area contributed by atoms with Crippen LogP contribution in [0.5, 0.6) is 0 Å². The summed E-state index contributed by atoms with van der Waals surface area (Å²) in [5.74, 6) is 0. The highest BCUT2D eigenvalue weighted by atomic mass is 32.1. The zero-order chi connectivity index (χ0) is 26.5. The van der Waals surface area contributed by atoms with Gasteiger partial charge in [-0.15, -0.1) is 11.3 Å². The fraction of sp³-hybridized carbons (Fsp3) is 0. The third kappa shape index (κ3) is 3.77. The lowest BCUT2D eigenvalue weighted by Crippen LogP contribution is -2.09. The Balaban J connectivity index is 1.28. The second kappa shape index (κ2) is 9.37. The van der Waals surface area contributed by atoms with E-state index in [1.54, 1.807) is 0 Å². The maximum Gasteiger partial charge on any atom is 0.0468 e. The van der Waals surface area contributed by atoms with E-state index < -0.39 is 0 Å². The Hall–Kier alpha value is -4.92. The molecule has 0 saturated carbocycles. The number of hydrogen-bond donors (Lipinski definition) is 0. The normalized spacial score (nSPS) is 11.5. The van der Waals surface area contributed by atoms with Crippen molar-refractivity contribution in [2.75, 3.05) is 4.90 Å². The topological polar surface area (TPSA) is 3.24 Å². The van der Waals surface area contributed by atoms with Crippen LogP contribution in [0.2, 0.25) is 0 Å². The van der Waals surface area contributed by atoms with Gasteiger partial charge < -0.3 is 4.90 Å². The highest BCUT2D eigenvalue weighted by Crippen LogP contribution is 2.43. The van der Waals surface area contributed by atoms with E-state index in [0.29, 0.717) is 0 Å². The average molecular weight is 528 g/mol. The van der Waals surface area contributed by atoms with Gasteiger partial charge in [-0.05, 0) is 81.2 Å². The number of benzene rings is 7. The molecule has 1 nitrogen and oxygen atoms in total. The van der Waals surface area contributed by atoms with Gasteiger partial charge in [0.15, 0.2) is 0 Å². The molecule has 0 radical (unpaired) electrons. The molecule has 1 aromatic heterocycles. The highest BCUT2D eigenvalue weighted by Gasteiger charge is 2.16. The molecule has 0 aliphatic heterocycles. The van der Waals surface area contributed by atoms with Crippen LogP contribution in [-0.2, 0) is 0 Å². The van der Waals surface area contributed by atoms with Gasteiger partial charge in [0.2, 0.25) is 0 Å². The van der Waals surface area contributed by atoms with Gasteiger partial charge in [-0.1, -0.05) is 103 Å². The quantitative estimate of drug-likeness (QED) is 0.220. The highest BCUT2D eigenvalue weighted by molar-refractivity contribution is 7.26. The summed E-state index contributed by atoms with van der Waals surface area (Å²) in [5, 5.41) is 7.80. The number of rotatable bonds is 4. The minimum Gasteiger partial charge on any atom is -0.310 e. The van der Waals surface area contributed by atoms with E-state index >= 15 is 0 Å². The van der Waals surface area contributed by atoms with Crippen LogP contribution >= 0.6 is 11.3 Å². The van der Waals surface area contributed by atoms with Crippen LogP contribution in [-0.4, -0.2) is 0 Å². The van der Waals surface area contributed by atoms with Crippen molar-refractivity contribution in [2.45, 2.75) is 0 Å². The maximum atomic E-state index is 2.38. The molecule has 0 amide bonds. The standard InChI is InChI=1S/C38H25NS/c1-2-12-29(13-3-1)39(31-23-18-26-10-4-5-11-28(26)24-31)30-21-19-27(20-22-30)35-25-37-38(33-15-7-6-14-32(33)35)34-16-8-9-17-36(34)40-37/h1-25H. The first-order valence-corrected chi connectivity index (χ1v) is 14.4. The van der Waals surface area contributed by atoms with Gasteiger partial charge in [0.25, 0.3) is 0 Å². The summed E-state index contributed by atoms with van der Waals surface area (Å²) in [5.41, 5.74) is 5.93. The molecule has 0 fully saturated rings. The van der Waals surface area contributed by atoms with E-state index in [1.807, 2.05) is 11.3 Å². The average Bonchev–Trinajstić information content (AvgIpc) is 3.40. The van der Waals surface area contributed by atoms with Crippen LogP contribution in [0.15, 0.2) is 152 Å². The molecule has 0 atom stereocenters. The number of para-hydroxylation sites is 1. The first kappa shape index (κ1) is 23.0. The first-order chi connectivity index (χ1) is 19.8. The second-order valence-corrected chi connectivity index (χ2v) is 11.3. The summed E-state index contributed by atoms with van der Waals surface area (Å²) >= 11 is 1.88. The number of anilines is 3. The molecule has 0 saturated heterocycles. The molecule has 0 spiro atoms. The van der Waals surface area contributed by atoms with Crippen molar-refractivity contribution in [3.63, 3.8) is 0 Å². The molecule has 40 heavy (non-hydrogen) atoms. The van der Waals surface area contributed by atoms with Crippen molar-refractivity contribution < 1.29 is 0 Å². The first-order valence-electron chi connectivity index (χ1n) is 13.6. The molecule has 0 bridgehead atoms. The van der Waals surface area contributed by atoms with Gasteiger partial charge in [0.1, 0.15) is 0 Å². The molecule has 7 aromatic carbocycles. The summed E-state index contributed by atoms with van der Waals surface area (Å²) in [7, 11) is 0. The van der Waals surface area contributed by atoms with Crippen LogP contribution in [0, 0.1) is 0 Å². The minimum atomic E-state index is 1.14. The van der Waals surface area contributed by atoms with Gasteiger partial charge in [0.05, 0.1) is 0 Å². The molecule has 1 heterocycles. The number of nitrogens with zero attached hydrogens (tertiary/aromatic N) is 1. The lowest BCUT2D eigenvalue weighted by molar-refractivity contribution is 1.29. The summed E-state index contributed by atoms with van der Waals surface area (Å²) in [6.45, 7) is 0. The Labute approximate surface area is 237 Å². The predicted molar refractivity (Wildman–Crippen MR) is 174 cm³/mol. The molecule has 0 unspecified atom stereocenters. The maximum absolute atomic E-state index is 2.38. The van der Waals surface area contributed by atoms with E-state index in [-0.39, 0.29) is 0 Å². The van der Waals surface area contributed by atoms with E-state index in [0.717, 1.165) is 17.1 Å². The van der Waals surface area contributed by atoms with E-state index in [4.69, 9.17) is 0 Å². The Morgan fingerprint density at radius 2 is 1.02 bits per heavy atom. The van der Waals surface area contributed by atoms with Crippen molar-refractivity contribution >= 4 is 70.1 Å². The van der Waals surface area contributed by atoms with Crippen molar-refractivity contribution in [2.24, 2.45) is 0 Å². The molecule has 8 aromatic rings. The fourth-order valence-corrected chi connectivity index (χ4v) is 7.12. The molecule has 0 aliphatic carbocycles. The smallest absolute Gasteiger partial charge is 0.0468 e. The molecule has 0 N–H and O–H groups in total. The Kier molecular flexibility index (Phi) is 5.39. The third-order valence-electron chi connectivity index (χ3n) is 7.83. The Morgan fingerprint density at radius 3 is 1.85 bits per heavy atom. The molecule has 0 aliphatic rings. The van der Waals surface area contributed by atoms with E-state index in [9.17, 15) is 0 Å². The molecular formula is C38H25NS. The number of fused-ring (bicyclic) bond motifs is 6. The molecule has 8 rings (SSSR count). The summed E-state index contributed by atoms with van der Waals surface area (Å²) in [4.78, 5) is 2.34. The zero-order valence-corrected chi connectivity index (χ0v) is 22.6. The lowest BCUT2D eigenvalue weighted by atomic mass is 9.95. The van der Waals surface area contributed by atoms with Crippen LogP contribution in [0.4, 0.5) is 17.1 Å². The van der Waals surface area contributed by atoms with Gasteiger partial charge >= 0.3 is 0 Å². The van der Waals surface area contributed by atoms with Crippen molar-refractivity contribution in [3.8, 4) is 11.1 Å². The fourth-order valence-electron chi connectivity index (χ4n) is 5.96.